The van der Waals surface area contributed by atoms with Gasteiger partial charge in [-0.15, -0.1) is 0 Å². The number of carbonyl (C=O) groups is 1. The number of rotatable bonds is 6. The van der Waals surface area contributed by atoms with Crippen LogP contribution in [0.25, 0.3) is 22.6 Å². The molecule has 0 fully saturated rings. The van der Waals surface area contributed by atoms with Gasteiger partial charge in [0.05, 0.1) is 37.1 Å². The molecule has 0 aliphatic carbocycles. The minimum Gasteiger partial charge on any atom is -0.481 e. The van der Waals surface area contributed by atoms with Crippen LogP contribution in [0, 0.1) is 0 Å². The number of ether oxygens (including phenoxy) is 1. The average molecular weight is 412 g/mol. The molecule has 0 spiro atoms. The van der Waals surface area contributed by atoms with Gasteiger partial charge in [0.1, 0.15) is 11.3 Å². The van der Waals surface area contributed by atoms with E-state index in [4.69, 9.17) is 9.26 Å². The summed E-state index contributed by atoms with van der Waals surface area (Å²) in [7, 11) is 1.30. The monoisotopic (exact) mass is 412 g/mol. The van der Waals surface area contributed by atoms with Crippen molar-refractivity contribution in [1.29, 1.82) is 0 Å². The SMILES string of the molecule is COc1ncccc1-c1noc(-c2cnn(C[C@@H](C)O)c2C(F)(F)F)c1C(=O)O. The van der Waals surface area contributed by atoms with E-state index in [-0.39, 0.29) is 17.1 Å². The first-order chi connectivity index (χ1) is 13.6. The number of pyridine rings is 1. The predicted molar refractivity (Wildman–Crippen MR) is 91.1 cm³/mol. The van der Waals surface area contributed by atoms with Gasteiger partial charge >= 0.3 is 12.1 Å². The number of aliphatic hydroxyl groups is 1. The Morgan fingerprint density at radius 1 is 1.38 bits per heavy atom. The van der Waals surface area contributed by atoms with Gasteiger partial charge in [-0.3, -0.25) is 4.68 Å². The zero-order chi connectivity index (χ0) is 21.3. The topological polar surface area (TPSA) is 124 Å². The maximum absolute atomic E-state index is 13.7. The second-order valence-corrected chi connectivity index (χ2v) is 6.04. The van der Waals surface area contributed by atoms with E-state index in [0.29, 0.717) is 4.68 Å². The number of aromatic nitrogens is 4. The maximum atomic E-state index is 13.7. The molecule has 9 nitrogen and oxygen atoms in total. The van der Waals surface area contributed by atoms with Crippen LogP contribution >= 0.6 is 0 Å². The van der Waals surface area contributed by atoms with Crippen molar-refractivity contribution in [2.45, 2.75) is 25.7 Å². The third-order valence-electron chi connectivity index (χ3n) is 3.92. The summed E-state index contributed by atoms with van der Waals surface area (Å²) in [5.41, 5.74) is -2.58. The summed E-state index contributed by atoms with van der Waals surface area (Å²) >= 11 is 0. The summed E-state index contributed by atoms with van der Waals surface area (Å²) in [5, 5.41) is 26.4. The van der Waals surface area contributed by atoms with Crippen molar-refractivity contribution in [3.05, 3.63) is 35.8 Å². The highest BCUT2D eigenvalue weighted by molar-refractivity contribution is 6.01. The number of nitrogens with zero attached hydrogens (tertiary/aromatic N) is 4. The molecule has 0 saturated carbocycles. The van der Waals surface area contributed by atoms with Crippen molar-refractivity contribution in [3.8, 4) is 28.5 Å². The zero-order valence-corrected chi connectivity index (χ0v) is 15.1. The third kappa shape index (κ3) is 3.78. The molecule has 3 rings (SSSR count). The molecular weight excluding hydrogens is 397 g/mol. The number of hydrogen-bond acceptors (Lipinski definition) is 7. The Balaban J connectivity index is 2.25. The largest absolute Gasteiger partial charge is 0.481 e. The van der Waals surface area contributed by atoms with Crippen LogP contribution in [0.1, 0.15) is 23.0 Å². The second kappa shape index (κ2) is 7.54. The van der Waals surface area contributed by atoms with Crippen LogP contribution in [0.2, 0.25) is 0 Å². The van der Waals surface area contributed by atoms with Crippen molar-refractivity contribution in [3.63, 3.8) is 0 Å². The predicted octanol–water partition coefficient (Wildman–Crippen LogP) is 2.71. The van der Waals surface area contributed by atoms with E-state index in [9.17, 15) is 28.2 Å². The smallest absolute Gasteiger partial charge is 0.433 e. The van der Waals surface area contributed by atoms with Gasteiger partial charge in [-0.25, -0.2) is 9.78 Å². The third-order valence-corrected chi connectivity index (χ3v) is 3.92. The Bertz CT molecular complexity index is 1040. The van der Waals surface area contributed by atoms with Crippen LogP contribution in [-0.4, -0.2) is 49.3 Å². The summed E-state index contributed by atoms with van der Waals surface area (Å²) in [6.07, 6.45) is -3.79. The molecule has 3 aromatic heterocycles. The van der Waals surface area contributed by atoms with Gasteiger partial charge in [0.25, 0.3) is 0 Å². The molecule has 1 atom stereocenters. The lowest BCUT2D eigenvalue weighted by Gasteiger charge is -2.13. The quantitative estimate of drug-likeness (QED) is 0.633. The van der Waals surface area contributed by atoms with Crippen molar-refractivity contribution < 1.29 is 37.4 Å². The summed E-state index contributed by atoms with van der Waals surface area (Å²) in [5.74, 6) is -2.16. The Kier molecular flexibility index (Phi) is 5.29. The molecule has 2 N–H and O–H groups in total. The number of carboxylic acid groups (broad SMARTS) is 1. The molecule has 0 unspecified atom stereocenters. The number of hydrogen-bond donors (Lipinski definition) is 2. The first-order valence-corrected chi connectivity index (χ1v) is 8.19. The fourth-order valence-electron chi connectivity index (χ4n) is 2.83. The van der Waals surface area contributed by atoms with Gasteiger partial charge in [-0.2, -0.15) is 18.3 Å². The summed E-state index contributed by atoms with van der Waals surface area (Å²) in [4.78, 5) is 15.8. The van der Waals surface area contributed by atoms with Crippen LogP contribution in [0.3, 0.4) is 0 Å². The van der Waals surface area contributed by atoms with E-state index in [1.165, 1.54) is 32.4 Å². The van der Waals surface area contributed by atoms with E-state index in [1.807, 2.05) is 0 Å². The number of halogens is 3. The van der Waals surface area contributed by atoms with Crippen molar-refractivity contribution in [2.75, 3.05) is 7.11 Å². The summed E-state index contributed by atoms with van der Waals surface area (Å²) in [6.45, 7) is 0.847. The molecule has 3 aromatic rings. The minimum atomic E-state index is -4.89. The molecule has 154 valence electrons. The molecule has 29 heavy (non-hydrogen) atoms. The highest BCUT2D eigenvalue weighted by Gasteiger charge is 2.41. The number of aliphatic hydroxyl groups excluding tert-OH is 1. The fraction of sp³-hybridized carbons (Fsp3) is 0.294. The molecule has 0 aromatic carbocycles. The van der Waals surface area contributed by atoms with E-state index in [2.05, 4.69) is 15.2 Å². The lowest BCUT2D eigenvalue weighted by Crippen LogP contribution is -2.21. The van der Waals surface area contributed by atoms with Gasteiger partial charge in [0.2, 0.25) is 5.88 Å². The first kappa shape index (κ1) is 20.3. The lowest BCUT2D eigenvalue weighted by molar-refractivity contribution is -0.144. The van der Waals surface area contributed by atoms with Crippen LogP contribution in [0.15, 0.2) is 29.0 Å². The van der Waals surface area contributed by atoms with Crippen LogP contribution in [-0.2, 0) is 12.7 Å². The molecule has 12 heteroatoms. The van der Waals surface area contributed by atoms with Gasteiger partial charge in [0, 0.05) is 6.20 Å². The van der Waals surface area contributed by atoms with Gasteiger partial charge in [0.15, 0.2) is 11.5 Å². The van der Waals surface area contributed by atoms with Crippen LogP contribution < -0.4 is 4.74 Å². The lowest BCUT2D eigenvalue weighted by atomic mass is 10.0. The molecule has 0 bridgehead atoms. The molecule has 3 heterocycles. The molecule has 0 aliphatic heterocycles. The van der Waals surface area contributed by atoms with E-state index in [0.717, 1.165) is 6.20 Å². The first-order valence-electron chi connectivity index (χ1n) is 8.19. The van der Waals surface area contributed by atoms with Crippen molar-refractivity contribution in [2.24, 2.45) is 0 Å². The minimum absolute atomic E-state index is 0.0238. The second-order valence-electron chi connectivity index (χ2n) is 6.04. The van der Waals surface area contributed by atoms with Crippen molar-refractivity contribution in [1.82, 2.24) is 19.9 Å². The highest BCUT2D eigenvalue weighted by atomic mass is 19.4. The van der Waals surface area contributed by atoms with E-state index < -0.39 is 47.4 Å². The Hall–Kier alpha value is -3.41. The maximum Gasteiger partial charge on any atom is 0.433 e. The zero-order valence-electron chi connectivity index (χ0n) is 15.1. The average Bonchev–Trinajstić information content (AvgIpc) is 3.24. The Morgan fingerprint density at radius 3 is 2.69 bits per heavy atom. The highest BCUT2D eigenvalue weighted by Crippen LogP contribution is 2.41. The standard InChI is InChI=1S/C17H15F3N4O5/c1-8(25)7-24-14(17(18,19)20)10(6-22-24)13-11(16(26)27)12(23-29-13)9-4-3-5-21-15(9)28-2/h3-6,8,25H,7H2,1-2H3,(H,26,27)/t8-/m1/s1. The molecule has 0 radical (unpaired) electrons. The number of aromatic carboxylic acids is 1. The van der Waals surface area contributed by atoms with Gasteiger partial charge < -0.3 is 19.5 Å². The van der Waals surface area contributed by atoms with E-state index in [1.54, 1.807) is 0 Å². The molecule has 0 amide bonds. The Morgan fingerprint density at radius 2 is 2.10 bits per heavy atom. The normalized spacial score (nSPS) is 12.8. The molecular formula is C17H15F3N4O5. The Labute approximate surface area is 161 Å². The number of alkyl halides is 3. The number of methoxy groups -OCH3 is 1. The molecule has 0 saturated heterocycles. The van der Waals surface area contributed by atoms with Crippen LogP contribution in [0.5, 0.6) is 5.88 Å². The summed E-state index contributed by atoms with van der Waals surface area (Å²) < 4.78 is 51.7. The number of carboxylic acids is 1. The van der Waals surface area contributed by atoms with Gasteiger partial charge in [-0.05, 0) is 19.1 Å². The van der Waals surface area contributed by atoms with Gasteiger partial charge in [-0.1, -0.05) is 5.16 Å². The molecule has 0 aliphatic rings. The fourth-order valence-corrected chi connectivity index (χ4v) is 2.83. The van der Waals surface area contributed by atoms with Crippen LogP contribution in [0.4, 0.5) is 13.2 Å². The van der Waals surface area contributed by atoms with E-state index >= 15 is 0 Å². The summed E-state index contributed by atoms with van der Waals surface area (Å²) in [6, 6.07) is 2.93. The van der Waals surface area contributed by atoms with Crippen molar-refractivity contribution >= 4 is 5.97 Å².